The molecule has 0 spiro atoms. The molecule has 8 heteroatoms. The van der Waals surface area contributed by atoms with Crippen molar-refractivity contribution in [3.63, 3.8) is 0 Å². The summed E-state index contributed by atoms with van der Waals surface area (Å²) >= 11 is 1.38. The van der Waals surface area contributed by atoms with Crippen LogP contribution in [0.3, 0.4) is 0 Å². The molecule has 0 saturated carbocycles. The van der Waals surface area contributed by atoms with E-state index < -0.39 is 9.84 Å². The average molecular weight is 383 g/mol. The van der Waals surface area contributed by atoms with Crippen molar-refractivity contribution in [1.29, 1.82) is 0 Å². The molecule has 0 aromatic heterocycles. The van der Waals surface area contributed by atoms with E-state index in [1.54, 1.807) is 7.11 Å². The molecule has 2 fully saturated rings. The quantitative estimate of drug-likeness (QED) is 0.796. The van der Waals surface area contributed by atoms with Gasteiger partial charge in [-0.1, -0.05) is 37.7 Å². The summed E-state index contributed by atoms with van der Waals surface area (Å²) in [5, 5.41) is 0.457. The molecule has 1 aromatic carbocycles. The number of amidine groups is 1. The molecule has 0 radical (unpaired) electrons. The molecule has 6 nitrogen and oxygen atoms in total. The first-order valence-corrected chi connectivity index (χ1v) is 11.0. The van der Waals surface area contributed by atoms with Gasteiger partial charge in [-0.25, -0.2) is 8.42 Å². The van der Waals surface area contributed by atoms with Gasteiger partial charge in [0.1, 0.15) is 5.75 Å². The third-order valence-corrected chi connectivity index (χ3v) is 7.86. The van der Waals surface area contributed by atoms with Gasteiger partial charge in [-0.3, -0.25) is 4.79 Å². The lowest BCUT2D eigenvalue weighted by Crippen LogP contribution is -2.38. The Bertz CT molecular complexity index is 807. The van der Waals surface area contributed by atoms with Crippen LogP contribution in [0.25, 0.3) is 0 Å². The van der Waals surface area contributed by atoms with Crippen LogP contribution in [0.5, 0.6) is 5.75 Å². The highest BCUT2D eigenvalue weighted by Gasteiger charge is 2.50. The van der Waals surface area contributed by atoms with Crippen LogP contribution >= 0.6 is 11.8 Å². The first kappa shape index (κ1) is 18.3. The van der Waals surface area contributed by atoms with Gasteiger partial charge >= 0.3 is 0 Å². The number of para-hydroxylation sites is 2. The highest BCUT2D eigenvalue weighted by atomic mass is 32.2. The van der Waals surface area contributed by atoms with Crippen molar-refractivity contribution < 1.29 is 17.9 Å². The molecule has 3 atom stereocenters. The van der Waals surface area contributed by atoms with E-state index in [9.17, 15) is 13.2 Å². The van der Waals surface area contributed by atoms with Gasteiger partial charge < -0.3 is 9.64 Å². The van der Waals surface area contributed by atoms with Crippen LogP contribution in [0.1, 0.15) is 20.3 Å². The Morgan fingerprint density at radius 3 is 2.80 bits per heavy atom. The lowest BCUT2D eigenvalue weighted by molar-refractivity contribution is -0.121. The maximum absolute atomic E-state index is 12.3. The number of carbonyl (C=O) groups excluding carboxylic acids is 1. The van der Waals surface area contributed by atoms with Crippen LogP contribution in [0, 0.1) is 5.92 Å². The maximum Gasteiger partial charge on any atom is 0.250 e. The number of amides is 1. The van der Waals surface area contributed by atoms with E-state index in [-0.39, 0.29) is 34.6 Å². The smallest absolute Gasteiger partial charge is 0.250 e. The Morgan fingerprint density at radius 2 is 2.12 bits per heavy atom. The molecule has 2 aliphatic rings. The molecular weight excluding hydrogens is 360 g/mol. The monoisotopic (exact) mass is 382 g/mol. The van der Waals surface area contributed by atoms with Gasteiger partial charge in [-0.05, 0) is 18.6 Å². The van der Waals surface area contributed by atoms with Gasteiger partial charge in [-0.15, -0.1) is 0 Å². The van der Waals surface area contributed by atoms with E-state index in [4.69, 9.17) is 4.74 Å². The topological polar surface area (TPSA) is 76.0 Å². The van der Waals surface area contributed by atoms with Crippen molar-refractivity contribution in [1.82, 2.24) is 0 Å². The van der Waals surface area contributed by atoms with Crippen molar-refractivity contribution in [2.24, 2.45) is 10.9 Å². The zero-order valence-electron chi connectivity index (χ0n) is 14.5. The molecular formula is C17H22N2O4S2. The van der Waals surface area contributed by atoms with Crippen molar-refractivity contribution in [3.05, 3.63) is 24.3 Å². The number of methoxy groups -OCH3 is 1. The summed E-state index contributed by atoms with van der Waals surface area (Å²) in [6.45, 7) is 3.80. The first-order chi connectivity index (χ1) is 11.9. The molecule has 2 heterocycles. The minimum absolute atomic E-state index is 0.0687. The fourth-order valence-corrected chi connectivity index (χ4v) is 6.97. The van der Waals surface area contributed by atoms with Crippen molar-refractivity contribution >= 4 is 38.4 Å². The van der Waals surface area contributed by atoms with Crippen LogP contribution in [0.4, 0.5) is 5.69 Å². The van der Waals surface area contributed by atoms with Crippen LogP contribution in [-0.4, -0.2) is 49.4 Å². The molecule has 1 amide bonds. The van der Waals surface area contributed by atoms with Crippen molar-refractivity contribution in [2.75, 3.05) is 23.5 Å². The van der Waals surface area contributed by atoms with Crippen molar-refractivity contribution in [2.45, 2.75) is 31.6 Å². The summed E-state index contributed by atoms with van der Waals surface area (Å²) in [7, 11) is -1.51. The Labute approximate surface area is 152 Å². The first-order valence-electron chi connectivity index (χ1n) is 8.28. The number of ether oxygens (including phenoxy) is 1. The lowest BCUT2D eigenvalue weighted by Gasteiger charge is -2.26. The summed E-state index contributed by atoms with van der Waals surface area (Å²) < 4.78 is 29.6. The van der Waals surface area contributed by atoms with Gasteiger partial charge in [0.25, 0.3) is 5.91 Å². The summed E-state index contributed by atoms with van der Waals surface area (Å²) in [6.07, 6.45) is 0.718. The summed E-state index contributed by atoms with van der Waals surface area (Å²) in [4.78, 5) is 18.5. The fraction of sp³-hybridized carbons (Fsp3) is 0.529. The van der Waals surface area contributed by atoms with E-state index in [1.807, 2.05) is 43.0 Å². The molecule has 2 aliphatic heterocycles. The van der Waals surface area contributed by atoms with E-state index in [2.05, 4.69) is 4.99 Å². The van der Waals surface area contributed by atoms with Crippen LogP contribution in [0.2, 0.25) is 0 Å². The highest BCUT2D eigenvalue weighted by molar-refractivity contribution is 8.16. The number of benzene rings is 1. The fourth-order valence-electron chi connectivity index (χ4n) is 3.05. The zero-order chi connectivity index (χ0) is 18.2. The number of fused-ring (bicyclic) bond motifs is 1. The van der Waals surface area contributed by atoms with E-state index in [0.717, 1.165) is 12.1 Å². The molecule has 136 valence electrons. The van der Waals surface area contributed by atoms with Gasteiger partial charge in [0, 0.05) is 11.2 Å². The number of anilines is 1. The van der Waals surface area contributed by atoms with E-state index in [0.29, 0.717) is 10.9 Å². The SMILES string of the molecule is CC[C@@H](C)C(=O)N=C1S[C@H]2CS(=O)(=O)C[C@H]2N1c1ccccc1OC. The number of thioether (sulfide) groups is 1. The molecule has 0 bridgehead atoms. The minimum Gasteiger partial charge on any atom is -0.495 e. The minimum atomic E-state index is -3.08. The second-order valence-corrected chi connectivity index (χ2v) is 9.74. The molecule has 1 aromatic rings. The largest absolute Gasteiger partial charge is 0.495 e. The van der Waals surface area contributed by atoms with E-state index in [1.165, 1.54) is 11.8 Å². The predicted octanol–water partition coefficient (Wildman–Crippen LogP) is 2.34. The Morgan fingerprint density at radius 1 is 1.40 bits per heavy atom. The average Bonchev–Trinajstić information content (AvgIpc) is 3.04. The molecule has 3 rings (SSSR count). The summed E-state index contributed by atoms with van der Waals surface area (Å²) in [5.74, 6) is 0.491. The number of rotatable bonds is 4. The molecule has 0 aliphatic carbocycles. The maximum atomic E-state index is 12.3. The second-order valence-electron chi connectivity index (χ2n) is 6.38. The Balaban J connectivity index is 2.04. The van der Waals surface area contributed by atoms with E-state index >= 15 is 0 Å². The Kier molecular flexibility index (Phi) is 5.11. The van der Waals surface area contributed by atoms with Crippen LogP contribution < -0.4 is 9.64 Å². The van der Waals surface area contributed by atoms with Gasteiger partial charge in [0.15, 0.2) is 15.0 Å². The predicted molar refractivity (Wildman–Crippen MR) is 101 cm³/mol. The number of aliphatic imine (C=N–C) groups is 1. The Hall–Kier alpha value is -1.54. The van der Waals surface area contributed by atoms with Gasteiger partial charge in [0.2, 0.25) is 0 Å². The number of nitrogens with zero attached hydrogens (tertiary/aromatic N) is 2. The second kappa shape index (κ2) is 6.99. The number of carbonyl (C=O) groups is 1. The summed E-state index contributed by atoms with van der Waals surface area (Å²) in [5.41, 5.74) is 0.748. The van der Waals surface area contributed by atoms with Crippen molar-refractivity contribution in [3.8, 4) is 5.75 Å². The number of hydrogen-bond donors (Lipinski definition) is 0. The molecule has 25 heavy (non-hydrogen) atoms. The number of hydrogen-bond acceptors (Lipinski definition) is 5. The highest BCUT2D eigenvalue weighted by Crippen LogP contribution is 2.43. The third kappa shape index (κ3) is 3.55. The van der Waals surface area contributed by atoms with Gasteiger partial charge in [-0.2, -0.15) is 4.99 Å². The van der Waals surface area contributed by atoms with Gasteiger partial charge in [0.05, 0.1) is 30.3 Å². The zero-order valence-corrected chi connectivity index (χ0v) is 16.1. The van der Waals surface area contributed by atoms with Crippen LogP contribution in [0.15, 0.2) is 29.3 Å². The lowest BCUT2D eigenvalue weighted by atomic mass is 10.1. The standard InChI is InChI=1S/C17H22N2O4S2/c1-4-11(2)16(20)18-17-19(12-7-5-6-8-14(12)23-3)13-9-25(21,22)10-15(13)24-17/h5-8,11,13,15H,4,9-10H2,1-3H3/t11-,13-,15+/m1/s1. The van der Waals surface area contributed by atoms with Crippen LogP contribution in [-0.2, 0) is 14.6 Å². The number of sulfone groups is 1. The molecule has 2 saturated heterocycles. The molecule has 0 N–H and O–H groups in total. The molecule has 0 unspecified atom stereocenters. The summed E-state index contributed by atoms with van der Waals surface area (Å²) in [6, 6.07) is 7.19. The third-order valence-electron chi connectivity index (χ3n) is 4.65. The normalized spacial score (nSPS) is 27.3.